The molecule has 0 bridgehead atoms. The van der Waals surface area contributed by atoms with E-state index in [1.54, 1.807) is 26.2 Å². The molecule has 0 heterocycles. The van der Waals surface area contributed by atoms with Crippen LogP contribution in [-0.4, -0.2) is 32.1 Å². The van der Waals surface area contributed by atoms with Gasteiger partial charge in [0, 0.05) is 19.7 Å². The molecule has 18 heavy (non-hydrogen) atoms. The Morgan fingerprint density at radius 3 is 2.67 bits per heavy atom. The molecule has 0 saturated carbocycles. The van der Waals surface area contributed by atoms with Gasteiger partial charge in [-0.3, -0.25) is 10.2 Å². The smallest absolute Gasteiger partial charge is 0.255 e. The van der Waals surface area contributed by atoms with E-state index in [2.05, 4.69) is 12.3 Å². The molecule has 0 saturated heterocycles. The van der Waals surface area contributed by atoms with Gasteiger partial charge in [0.1, 0.15) is 11.8 Å². The Bertz CT molecular complexity index is 419. The fourth-order valence-electron chi connectivity index (χ4n) is 1.68. The summed E-state index contributed by atoms with van der Waals surface area (Å²) in [7, 11) is 5.05. The lowest BCUT2D eigenvalue weighted by Gasteiger charge is -2.19. The van der Waals surface area contributed by atoms with Gasteiger partial charge in [-0.1, -0.05) is 19.1 Å². The quantitative estimate of drug-likeness (QED) is 0.761. The number of amides is 1. The highest BCUT2D eigenvalue weighted by Crippen LogP contribution is 2.25. The number of hydrogen-bond acceptors (Lipinski definition) is 4. The first kappa shape index (κ1) is 14.5. The predicted octanol–water partition coefficient (Wildman–Crippen LogP) is 0.850. The minimum absolute atomic E-state index is 0.258. The maximum absolute atomic E-state index is 11.9. The largest absolute Gasteiger partial charge is 0.496 e. The van der Waals surface area contributed by atoms with E-state index >= 15 is 0 Å². The first-order valence-electron chi connectivity index (χ1n) is 5.89. The zero-order valence-electron chi connectivity index (χ0n) is 11.4. The number of hydrazine groups is 1. The molecule has 0 spiro atoms. The highest BCUT2D eigenvalue weighted by atomic mass is 16.5. The van der Waals surface area contributed by atoms with Gasteiger partial charge in [-0.25, -0.2) is 5.01 Å². The lowest BCUT2D eigenvalue weighted by Crippen LogP contribution is -2.42. The first-order chi connectivity index (χ1) is 8.49. The van der Waals surface area contributed by atoms with Crippen LogP contribution < -0.4 is 15.9 Å². The van der Waals surface area contributed by atoms with Crippen molar-refractivity contribution in [1.29, 1.82) is 0 Å². The molecule has 5 nitrogen and oxygen atoms in total. The minimum Gasteiger partial charge on any atom is -0.496 e. The van der Waals surface area contributed by atoms with Crippen molar-refractivity contribution < 1.29 is 9.53 Å². The number of nitrogens with zero attached hydrogens (tertiary/aromatic N) is 1. The Kier molecular flexibility index (Phi) is 5.12. The second kappa shape index (κ2) is 6.37. The predicted molar refractivity (Wildman–Crippen MR) is 71.1 cm³/mol. The number of nitrogens with one attached hydrogen (secondary N) is 1. The Hall–Kier alpha value is -1.59. The number of benzene rings is 1. The fourth-order valence-corrected chi connectivity index (χ4v) is 1.68. The van der Waals surface area contributed by atoms with Crippen LogP contribution >= 0.6 is 0 Å². The summed E-state index contributed by atoms with van der Waals surface area (Å²) in [5.74, 6) is 0.375. The maximum Gasteiger partial charge on any atom is 0.255 e. The molecule has 1 aromatic rings. The molecule has 1 rings (SSSR count). The van der Waals surface area contributed by atoms with Gasteiger partial charge >= 0.3 is 0 Å². The van der Waals surface area contributed by atoms with Gasteiger partial charge in [-0.15, -0.1) is 0 Å². The molecule has 0 aliphatic heterocycles. The van der Waals surface area contributed by atoms with Crippen molar-refractivity contribution in [1.82, 2.24) is 10.4 Å². The summed E-state index contributed by atoms with van der Waals surface area (Å²) in [4.78, 5) is 11.9. The van der Waals surface area contributed by atoms with E-state index in [1.807, 2.05) is 18.2 Å². The molecule has 1 amide bonds. The van der Waals surface area contributed by atoms with Gasteiger partial charge in [-0.05, 0) is 18.1 Å². The highest BCUT2D eigenvalue weighted by molar-refractivity contribution is 5.83. The second-order valence-electron chi connectivity index (χ2n) is 4.28. The Balaban J connectivity index is 3.02. The number of methoxy groups -OCH3 is 1. The summed E-state index contributed by atoms with van der Waals surface area (Å²) in [6, 6.07) is 4.99. The van der Waals surface area contributed by atoms with Gasteiger partial charge in [-0.2, -0.15) is 0 Å². The van der Waals surface area contributed by atoms with Gasteiger partial charge in [0.25, 0.3) is 5.91 Å². The van der Waals surface area contributed by atoms with Gasteiger partial charge in [0.15, 0.2) is 0 Å². The number of hydrogen-bond donors (Lipinski definition) is 2. The number of carbonyl (C=O) groups excluding carboxylic acids is 1. The van der Waals surface area contributed by atoms with Crippen molar-refractivity contribution in [3.05, 3.63) is 29.3 Å². The van der Waals surface area contributed by atoms with Crippen molar-refractivity contribution in [2.45, 2.75) is 19.4 Å². The topological polar surface area (TPSA) is 67.6 Å². The monoisotopic (exact) mass is 251 g/mol. The zero-order chi connectivity index (χ0) is 13.7. The Morgan fingerprint density at radius 1 is 1.50 bits per heavy atom. The molecule has 5 heteroatoms. The SMILES string of the molecule is CCc1ccc(OC)c(C(N)C(=O)NN(C)C)c1. The number of nitrogens with two attached hydrogens (primary N) is 1. The maximum atomic E-state index is 11.9. The van der Waals surface area contributed by atoms with Crippen LogP contribution in [0.15, 0.2) is 18.2 Å². The molecule has 3 N–H and O–H groups in total. The van der Waals surface area contributed by atoms with Crippen molar-refractivity contribution >= 4 is 5.91 Å². The summed E-state index contributed by atoms with van der Waals surface area (Å²) < 4.78 is 5.25. The van der Waals surface area contributed by atoms with E-state index in [0.29, 0.717) is 11.3 Å². The Morgan fingerprint density at radius 2 is 2.17 bits per heavy atom. The van der Waals surface area contributed by atoms with E-state index < -0.39 is 6.04 Å². The molecule has 0 radical (unpaired) electrons. The third-order valence-electron chi connectivity index (χ3n) is 2.65. The van der Waals surface area contributed by atoms with Crippen LogP contribution in [0.5, 0.6) is 5.75 Å². The van der Waals surface area contributed by atoms with Gasteiger partial charge in [0.2, 0.25) is 0 Å². The van der Waals surface area contributed by atoms with Crippen molar-refractivity contribution in [3.63, 3.8) is 0 Å². The third kappa shape index (κ3) is 3.45. The molecule has 1 unspecified atom stereocenters. The summed E-state index contributed by atoms with van der Waals surface area (Å²) >= 11 is 0. The summed E-state index contributed by atoms with van der Waals surface area (Å²) in [6.45, 7) is 2.05. The fraction of sp³-hybridized carbons (Fsp3) is 0.462. The first-order valence-corrected chi connectivity index (χ1v) is 5.89. The van der Waals surface area contributed by atoms with E-state index in [1.165, 1.54) is 0 Å². The third-order valence-corrected chi connectivity index (χ3v) is 2.65. The lowest BCUT2D eigenvalue weighted by atomic mass is 10.0. The summed E-state index contributed by atoms with van der Waals surface area (Å²) in [5, 5.41) is 1.57. The molecule has 0 fully saturated rings. The average molecular weight is 251 g/mol. The van der Waals surface area contributed by atoms with Crippen LogP contribution in [0.4, 0.5) is 0 Å². The summed E-state index contributed by atoms with van der Waals surface area (Å²) in [5.41, 5.74) is 10.4. The van der Waals surface area contributed by atoms with Crippen molar-refractivity contribution in [2.24, 2.45) is 5.73 Å². The van der Waals surface area contributed by atoms with Crippen LogP contribution in [0.25, 0.3) is 0 Å². The van der Waals surface area contributed by atoms with Crippen LogP contribution in [0, 0.1) is 0 Å². The average Bonchev–Trinajstić information content (AvgIpc) is 2.36. The summed E-state index contributed by atoms with van der Waals surface area (Å²) in [6.07, 6.45) is 0.888. The van der Waals surface area contributed by atoms with E-state index in [-0.39, 0.29) is 5.91 Å². The molecule has 1 atom stereocenters. The van der Waals surface area contributed by atoms with Crippen molar-refractivity contribution in [3.8, 4) is 5.75 Å². The molecule has 100 valence electrons. The molecule has 0 aliphatic carbocycles. The van der Waals surface area contributed by atoms with Crippen LogP contribution in [0.2, 0.25) is 0 Å². The molecular formula is C13H21N3O2. The molecular weight excluding hydrogens is 230 g/mol. The van der Waals surface area contributed by atoms with Crippen molar-refractivity contribution in [2.75, 3.05) is 21.2 Å². The minimum atomic E-state index is -0.742. The second-order valence-corrected chi connectivity index (χ2v) is 4.28. The van der Waals surface area contributed by atoms with Gasteiger partial charge < -0.3 is 10.5 Å². The molecule has 0 aliphatic rings. The van der Waals surface area contributed by atoms with Crippen LogP contribution in [0.3, 0.4) is 0 Å². The number of carbonyl (C=O) groups is 1. The van der Waals surface area contributed by atoms with E-state index in [9.17, 15) is 4.79 Å². The number of aryl methyl sites for hydroxylation is 1. The zero-order valence-corrected chi connectivity index (χ0v) is 11.4. The number of ether oxygens (including phenoxy) is 1. The number of rotatable bonds is 5. The van der Waals surface area contributed by atoms with E-state index in [4.69, 9.17) is 10.5 Å². The standard InChI is InChI=1S/C13H21N3O2/c1-5-9-6-7-11(18-4)10(8-9)12(14)13(17)15-16(2)3/h6-8,12H,5,14H2,1-4H3,(H,15,17). The highest BCUT2D eigenvalue weighted by Gasteiger charge is 2.20. The van der Waals surface area contributed by atoms with Crippen LogP contribution in [0.1, 0.15) is 24.1 Å². The molecule has 0 aromatic heterocycles. The normalized spacial score (nSPS) is 12.3. The van der Waals surface area contributed by atoms with E-state index in [0.717, 1.165) is 12.0 Å². The Labute approximate surface area is 108 Å². The van der Waals surface area contributed by atoms with Crippen LogP contribution in [-0.2, 0) is 11.2 Å². The lowest BCUT2D eigenvalue weighted by molar-refractivity contribution is -0.126. The molecule has 1 aromatic carbocycles. The van der Waals surface area contributed by atoms with Gasteiger partial charge in [0.05, 0.1) is 7.11 Å².